The molecule has 3 fully saturated rings. The summed E-state index contributed by atoms with van der Waals surface area (Å²) in [6.07, 6.45) is 5.08. The first kappa shape index (κ1) is 24.5. The molecular weight excluding hydrogens is 470 g/mol. The van der Waals surface area contributed by atoms with Crippen LogP contribution in [0.3, 0.4) is 0 Å². The summed E-state index contributed by atoms with van der Waals surface area (Å²) in [5.41, 5.74) is 6.80. The van der Waals surface area contributed by atoms with E-state index >= 15 is 0 Å². The molecule has 194 valence electrons. The Labute approximate surface area is 224 Å². The molecular formula is C33H35N3O2. The highest BCUT2D eigenvalue weighted by Gasteiger charge is 2.29. The van der Waals surface area contributed by atoms with E-state index in [0.29, 0.717) is 37.2 Å². The van der Waals surface area contributed by atoms with Crippen molar-refractivity contribution in [1.29, 1.82) is 0 Å². The SMILES string of the molecule is Cc1ccccc1.O=C1CN(C(=O)c2cc3cc(C4CC4)ccc3[nH]2)CCN1Cc1cccc(C2CC2)c1. The molecule has 3 aromatic carbocycles. The minimum atomic E-state index is -0.0899. The zero-order chi connectivity index (χ0) is 26.1. The van der Waals surface area contributed by atoms with Gasteiger partial charge in [0.25, 0.3) is 5.91 Å². The Morgan fingerprint density at radius 1 is 0.842 bits per heavy atom. The minimum Gasteiger partial charge on any atom is -0.351 e. The molecule has 0 unspecified atom stereocenters. The summed E-state index contributed by atoms with van der Waals surface area (Å²) in [7, 11) is 0. The van der Waals surface area contributed by atoms with Crippen LogP contribution in [0.15, 0.2) is 78.9 Å². The molecule has 5 heteroatoms. The van der Waals surface area contributed by atoms with Crippen LogP contribution >= 0.6 is 0 Å². The van der Waals surface area contributed by atoms with Gasteiger partial charge in [-0.25, -0.2) is 0 Å². The van der Waals surface area contributed by atoms with Crippen LogP contribution in [-0.4, -0.2) is 46.2 Å². The molecule has 1 aliphatic heterocycles. The van der Waals surface area contributed by atoms with Crippen molar-refractivity contribution in [3.63, 3.8) is 0 Å². The van der Waals surface area contributed by atoms with Crippen LogP contribution in [0.4, 0.5) is 0 Å². The van der Waals surface area contributed by atoms with Gasteiger partial charge in [0.05, 0.1) is 0 Å². The number of rotatable bonds is 5. The highest BCUT2D eigenvalue weighted by atomic mass is 16.2. The maximum absolute atomic E-state index is 13.1. The summed E-state index contributed by atoms with van der Waals surface area (Å²) >= 11 is 0. The largest absolute Gasteiger partial charge is 0.351 e. The average molecular weight is 506 g/mol. The predicted molar refractivity (Wildman–Crippen MR) is 151 cm³/mol. The molecule has 3 aliphatic rings. The fourth-order valence-electron chi connectivity index (χ4n) is 5.27. The summed E-state index contributed by atoms with van der Waals surface area (Å²) in [5, 5.41) is 1.08. The summed E-state index contributed by atoms with van der Waals surface area (Å²) < 4.78 is 0. The first-order chi connectivity index (χ1) is 18.5. The van der Waals surface area contributed by atoms with Crippen molar-refractivity contribution in [1.82, 2.24) is 14.8 Å². The number of fused-ring (bicyclic) bond motifs is 1. The lowest BCUT2D eigenvalue weighted by Gasteiger charge is -2.34. The van der Waals surface area contributed by atoms with Gasteiger partial charge in [0.15, 0.2) is 0 Å². The lowest BCUT2D eigenvalue weighted by atomic mass is 10.1. The molecule has 2 heterocycles. The lowest BCUT2D eigenvalue weighted by molar-refractivity contribution is -0.135. The molecule has 2 saturated carbocycles. The third-order valence-corrected chi connectivity index (χ3v) is 7.84. The molecule has 1 saturated heterocycles. The predicted octanol–water partition coefficient (Wildman–Crippen LogP) is 6.40. The number of piperazine rings is 1. The molecule has 7 rings (SSSR count). The van der Waals surface area contributed by atoms with Gasteiger partial charge in [-0.2, -0.15) is 0 Å². The number of nitrogens with zero attached hydrogens (tertiary/aromatic N) is 2. The molecule has 1 aromatic heterocycles. The Kier molecular flexibility index (Phi) is 6.75. The van der Waals surface area contributed by atoms with E-state index in [4.69, 9.17) is 0 Å². The van der Waals surface area contributed by atoms with Crippen molar-refractivity contribution in [2.75, 3.05) is 19.6 Å². The zero-order valence-electron chi connectivity index (χ0n) is 22.0. The van der Waals surface area contributed by atoms with Crippen LogP contribution in [0.25, 0.3) is 10.9 Å². The number of H-pyrrole nitrogens is 1. The van der Waals surface area contributed by atoms with Crippen LogP contribution in [0, 0.1) is 6.92 Å². The van der Waals surface area contributed by atoms with Gasteiger partial charge >= 0.3 is 0 Å². The highest BCUT2D eigenvalue weighted by molar-refractivity contribution is 6.00. The molecule has 0 bridgehead atoms. The van der Waals surface area contributed by atoms with Gasteiger partial charge in [0, 0.05) is 30.5 Å². The third-order valence-electron chi connectivity index (χ3n) is 7.84. The number of hydrogen-bond acceptors (Lipinski definition) is 2. The van der Waals surface area contributed by atoms with E-state index in [0.717, 1.165) is 10.9 Å². The van der Waals surface area contributed by atoms with Crippen LogP contribution < -0.4 is 0 Å². The van der Waals surface area contributed by atoms with E-state index in [1.165, 1.54) is 47.9 Å². The number of aromatic amines is 1. The Bertz CT molecular complexity index is 1450. The summed E-state index contributed by atoms with van der Waals surface area (Å²) in [6.45, 7) is 3.99. The lowest BCUT2D eigenvalue weighted by Crippen LogP contribution is -2.51. The number of carbonyl (C=O) groups is 2. The van der Waals surface area contributed by atoms with E-state index in [2.05, 4.69) is 66.5 Å². The monoisotopic (exact) mass is 505 g/mol. The molecule has 5 nitrogen and oxygen atoms in total. The average Bonchev–Trinajstić information content (AvgIpc) is 3.87. The topological polar surface area (TPSA) is 56.4 Å². The van der Waals surface area contributed by atoms with Gasteiger partial charge in [-0.1, -0.05) is 66.2 Å². The normalized spacial score (nSPS) is 17.3. The van der Waals surface area contributed by atoms with Crippen molar-refractivity contribution in [2.24, 2.45) is 0 Å². The second-order valence-electron chi connectivity index (χ2n) is 11.0. The first-order valence-electron chi connectivity index (χ1n) is 13.8. The second kappa shape index (κ2) is 10.5. The van der Waals surface area contributed by atoms with E-state index in [1.54, 1.807) is 4.90 Å². The van der Waals surface area contributed by atoms with Crippen molar-refractivity contribution in [3.8, 4) is 0 Å². The van der Waals surface area contributed by atoms with Crippen LogP contribution in [0.1, 0.15) is 70.3 Å². The summed E-state index contributed by atoms with van der Waals surface area (Å²) in [5.74, 6) is 1.33. The van der Waals surface area contributed by atoms with E-state index < -0.39 is 0 Å². The maximum Gasteiger partial charge on any atom is 0.270 e. The van der Waals surface area contributed by atoms with Crippen LogP contribution in [0.2, 0.25) is 0 Å². The Morgan fingerprint density at radius 2 is 1.58 bits per heavy atom. The second-order valence-corrected chi connectivity index (χ2v) is 11.0. The van der Waals surface area contributed by atoms with Gasteiger partial charge in [-0.05, 0) is 79.3 Å². The number of nitrogens with one attached hydrogen (secondary N) is 1. The van der Waals surface area contributed by atoms with E-state index in [-0.39, 0.29) is 18.4 Å². The van der Waals surface area contributed by atoms with Crippen LogP contribution in [-0.2, 0) is 11.3 Å². The number of amides is 2. The molecule has 0 spiro atoms. The number of hydrogen-bond donors (Lipinski definition) is 1. The van der Waals surface area contributed by atoms with Gasteiger partial charge in [-0.15, -0.1) is 0 Å². The fourth-order valence-corrected chi connectivity index (χ4v) is 5.27. The van der Waals surface area contributed by atoms with Crippen molar-refractivity contribution in [2.45, 2.75) is 51.0 Å². The summed E-state index contributed by atoms with van der Waals surface area (Å²) in [4.78, 5) is 32.7. The fraction of sp³-hybridized carbons (Fsp3) is 0.333. The van der Waals surface area contributed by atoms with Crippen molar-refractivity contribution in [3.05, 3.63) is 107 Å². The molecule has 0 atom stereocenters. The smallest absolute Gasteiger partial charge is 0.270 e. The number of carbonyl (C=O) groups excluding carboxylic acids is 2. The van der Waals surface area contributed by atoms with Crippen molar-refractivity contribution < 1.29 is 9.59 Å². The Balaban J connectivity index is 0.000000330. The number of aromatic nitrogens is 1. The molecule has 0 radical (unpaired) electrons. The van der Waals surface area contributed by atoms with Gasteiger partial charge < -0.3 is 14.8 Å². The Hall–Kier alpha value is -3.86. The van der Waals surface area contributed by atoms with Gasteiger partial charge in [0.1, 0.15) is 12.2 Å². The van der Waals surface area contributed by atoms with Crippen LogP contribution in [0.5, 0.6) is 0 Å². The number of aryl methyl sites for hydroxylation is 1. The van der Waals surface area contributed by atoms with E-state index in [9.17, 15) is 9.59 Å². The highest BCUT2D eigenvalue weighted by Crippen LogP contribution is 2.41. The minimum absolute atomic E-state index is 0.0172. The van der Waals surface area contributed by atoms with Gasteiger partial charge in [-0.3, -0.25) is 9.59 Å². The maximum atomic E-state index is 13.1. The molecule has 2 aliphatic carbocycles. The molecule has 38 heavy (non-hydrogen) atoms. The third kappa shape index (κ3) is 5.67. The molecule has 4 aromatic rings. The zero-order valence-corrected chi connectivity index (χ0v) is 22.0. The summed E-state index contributed by atoms with van der Waals surface area (Å²) in [6, 6.07) is 27.2. The first-order valence-corrected chi connectivity index (χ1v) is 13.8. The van der Waals surface area contributed by atoms with Gasteiger partial charge in [0.2, 0.25) is 5.91 Å². The number of benzene rings is 3. The quantitative estimate of drug-likeness (QED) is 0.341. The molecule has 2 amide bonds. The molecule has 1 N–H and O–H groups in total. The standard InChI is InChI=1S/C26H27N3O2.C7H8/c30-25-16-29(11-10-28(25)15-17-2-1-3-20(12-17)18-4-5-18)26(31)24-14-22-13-21(19-6-7-19)8-9-23(22)27-24;1-7-5-3-2-4-6-7/h1-3,8-9,12-14,18-19,27H,4-7,10-11,15-16H2;2-6H,1H3. The van der Waals surface area contributed by atoms with Crippen molar-refractivity contribution >= 4 is 22.7 Å². The van der Waals surface area contributed by atoms with E-state index in [1.807, 2.05) is 29.2 Å². The Morgan fingerprint density at radius 3 is 2.24 bits per heavy atom.